The van der Waals surface area contributed by atoms with E-state index >= 15 is 0 Å². The van der Waals surface area contributed by atoms with Crippen LogP contribution in [0.5, 0.6) is 0 Å². The summed E-state index contributed by atoms with van der Waals surface area (Å²) in [7, 11) is 0. The van der Waals surface area contributed by atoms with Gasteiger partial charge in [0.2, 0.25) is 0 Å². The summed E-state index contributed by atoms with van der Waals surface area (Å²) in [5.41, 5.74) is 14.5. The highest BCUT2D eigenvalue weighted by Gasteiger charge is 2.05. The first-order valence-electron chi connectivity index (χ1n) is 6.06. The van der Waals surface area contributed by atoms with Crippen molar-refractivity contribution in [1.29, 1.82) is 0 Å². The summed E-state index contributed by atoms with van der Waals surface area (Å²) in [6.45, 7) is 1.20. The van der Waals surface area contributed by atoms with Crippen LogP contribution < -0.4 is 16.8 Å². The van der Waals surface area contributed by atoms with Crippen molar-refractivity contribution < 1.29 is 0 Å². The molecule has 5 N–H and O–H groups in total. The molecule has 100 valence electrons. The highest BCUT2D eigenvalue weighted by atomic mass is 32.1. The highest BCUT2D eigenvalue weighted by molar-refractivity contribution is 7.80. The molecule has 0 fully saturated rings. The number of nitrogens with zero attached hydrogens (tertiary/aromatic N) is 2. The van der Waals surface area contributed by atoms with Crippen LogP contribution in [0.15, 0.2) is 36.7 Å². The van der Waals surface area contributed by atoms with Gasteiger partial charge in [-0.1, -0.05) is 12.1 Å². The lowest BCUT2D eigenvalue weighted by Crippen LogP contribution is -2.30. The lowest BCUT2D eigenvalue weighted by molar-refractivity contribution is 0.843. The van der Waals surface area contributed by atoms with Crippen molar-refractivity contribution in [3.05, 3.63) is 47.8 Å². The van der Waals surface area contributed by atoms with Crippen molar-refractivity contribution >= 4 is 17.3 Å². The molecule has 0 bridgehead atoms. The highest BCUT2D eigenvalue weighted by Crippen LogP contribution is 2.16. The Labute approximate surface area is 117 Å². The summed E-state index contributed by atoms with van der Waals surface area (Å²) < 4.78 is 1.82. The number of nitrogens with one attached hydrogen (secondary N) is 1. The van der Waals surface area contributed by atoms with Crippen molar-refractivity contribution in [3.63, 3.8) is 0 Å². The number of benzene rings is 1. The topological polar surface area (TPSA) is 81.9 Å². The second-order valence-electron chi connectivity index (χ2n) is 4.16. The van der Waals surface area contributed by atoms with Gasteiger partial charge in [-0.3, -0.25) is 0 Å². The standard InChI is InChI=1S/C13H17N5S/c14-9-11-8-10(4-6-16-13(15)19)2-3-12(11)18-7-1-5-17-18/h1-3,5,7-8H,4,6,9,14H2,(H3,15,16,19). The Hall–Kier alpha value is -1.92. The van der Waals surface area contributed by atoms with Gasteiger partial charge in [0.1, 0.15) is 0 Å². The molecule has 0 saturated heterocycles. The zero-order valence-electron chi connectivity index (χ0n) is 10.5. The number of thiocarbonyl (C=S) groups is 1. The first kappa shape index (κ1) is 13.5. The molecular formula is C13H17N5S. The molecule has 0 amide bonds. The van der Waals surface area contributed by atoms with E-state index in [4.69, 9.17) is 23.7 Å². The number of hydrogen-bond donors (Lipinski definition) is 3. The van der Waals surface area contributed by atoms with Crippen LogP contribution in [0.1, 0.15) is 11.1 Å². The number of nitrogens with two attached hydrogens (primary N) is 2. The quantitative estimate of drug-likeness (QED) is 0.700. The maximum absolute atomic E-state index is 5.80. The molecule has 0 atom stereocenters. The molecule has 1 heterocycles. The van der Waals surface area contributed by atoms with Gasteiger partial charge in [0.25, 0.3) is 0 Å². The molecule has 5 nitrogen and oxygen atoms in total. The smallest absolute Gasteiger partial charge is 0.163 e. The fourth-order valence-electron chi connectivity index (χ4n) is 1.92. The zero-order valence-corrected chi connectivity index (χ0v) is 11.4. The molecule has 19 heavy (non-hydrogen) atoms. The molecule has 0 aliphatic heterocycles. The Morgan fingerprint density at radius 3 is 2.89 bits per heavy atom. The van der Waals surface area contributed by atoms with E-state index in [1.54, 1.807) is 6.20 Å². The normalized spacial score (nSPS) is 10.4. The fraction of sp³-hybridized carbons (Fsp3) is 0.231. The number of aromatic nitrogens is 2. The Morgan fingerprint density at radius 1 is 1.42 bits per heavy atom. The van der Waals surface area contributed by atoms with E-state index in [1.165, 1.54) is 5.56 Å². The molecule has 0 unspecified atom stereocenters. The van der Waals surface area contributed by atoms with Crippen LogP contribution in [-0.4, -0.2) is 21.4 Å². The second-order valence-corrected chi connectivity index (χ2v) is 4.60. The number of hydrogen-bond acceptors (Lipinski definition) is 3. The van der Waals surface area contributed by atoms with E-state index in [2.05, 4.69) is 22.5 Å². The van der Waals surface area contributed by atoms with Gasteiger partial charge in [0.15, 0.2) is 5.11 Å². The first-order chi connectivity index (χ1) is 9.20. The third kappa shape index (κ3) is 3.52. The van der Waals surface area contributed by atoms with Gasteiger partial charge in [-0.25, -0.2) is 4.68 Å². The third-order valence-corrected chi connectivity index (χ3v) is 2.97. The van der Waals surface area contributed by atoms with Gasteiger partial charge in [-0.05, 0) is 41.9 Å². The van der Waals surface area contributed by atoms with Gasteiger partial charge in [-0.15, -0.1) is 0 Å². The van der Waals surface area contributed by atoms with E-state index in [0.717, 1.165) is 24.2 Å². The van der Waals surface area contributed by atoms with Crippen molar-refractivity contribution in [2.45, 2.75) is 13.0 Å². The summed E-state index contributed by atoms with van der Waals surface area (Å²) in [6.07, 6.45) is 4.51. The van der Waals surface area contributed by atoms with Crippen LogP contribution >= 0.6 is 12.2 Å². The molecule has 0 spiro atoms. The van der Waals surface area contributed by atoms with Gasteiger partial charge < -0.3 is 16.8 Å². The minimum atomic E-state index is 0.326. The maximum Gasteiger partial charge on any atom is 0.163 e. The zero-order chi connectivity index (χ0) is 13.7. The van der Waals surface area contributed by atoms with Gasteiger partial charge >= 0.3 is 0 Å². The molecule has 0 radical (unpaired) electrons. The lowest BCUT2D eigenvalue weighted by atomic mass is 10.1. The molecular weight excluding hydrogens is 258 g/mol. The average Bonchev–Trinajstić information content (AvgIpc) is 2.92. The second kappa shape index (κ2) is 6.31. The SMILES string of the molecule is NCc1cc(CCNC(N)=S)ccc1-n1cccn1. The Balaban J connectivity index is 2.14. The van der Waals surface area contributed by atoms with Crippen LogP contribution in [0.2, 0.25) is 0 Å². The molecule has 0 saturated carbocycles. The molecule has 0 aliphatic carbocycles. The predicted molar refractivity (Wildman–Crippen MR) is 79.9 cm³/mol. The summed E-state index contributed by atoms with van der Waals surface area (Å²) in [6, 6.07) is 8.08. The molecule has 1 aromatic carbocycles. The average molecular weight is 275 g/mol. The first-order valence-corrected chi connectivity index (χ1v) is 6.46. The van der Waals surface area contributed by atoms with Crippen LogP contribution in [-0.2, 0) is 13.0 Å². The van der Waals surface area contributed by atoms with Crippen LogP contribution in [0, 0.1) is 0 Å². The van der Waals surface area contributed by atoms with Gasteiger partial charge in [0, 0.05) is 25.5 Å². The van der Waals surface area contributed by atoms with Crippen LogP contribution in [0.4, 0.5) is 0 Å². The van der Waals surface area contributed by atoms with Crippen molar-refractivity contribution in [2.24, 2.45) is 11.5 Å². The van der Waals surface area contributed by atoms with E-state index in [1.807, 2.05) is 23.0 Å². The third-order valence-electron chi connectivity index (χ3n) is 2.83. The predicted octanol–water partition coefficient (Wildman–Crippen LogP) is 0.707. The molecule has 2 aromatic rings. The maximum atomic E-state index is 5.80. The summed E-state index contributed by atoms with van der Waals surface area (Å²) in [5, 5.41) is 7.49. The fourth-order valence-corrected chi connectivity index (χ4v) is 2.02. The Bertz CT molecular complexity index is 550. The molecule has 6 heteroatoms. The molecule has 1 aromatic heterocycles. The lowest BCUT2D eigenvalue weighted by Gasteiger charge is -2.11. The van der Waals surface area contributed by atoms with E-state index in [9.17, 15) is 0 Å². The molecule has 0 aliphatic rings. The largest absolute Gasteiger partial charge is 0.376 e. The van der Waals surface area contributed by atoms with Crippen molar-refractivity contribution in [2.75, 3.05) is 6.54 Å². The van der Waals surface area contributed by atoms with Gasteiger partial charge in [-0.2, -0.15) is 5.10 Å². The Morgan fingerprint density at radius 2 is 2.26 bits per heavy atom. The monoisotopic (exact) mass is 275 g/mol. The minimum Gasteiger partial charge on any atom is -0.376 e. The van der Waals surface area contributed by atoms with Crippen molar-refractivity contribution in [3.8, 4) is 5.69 Å². The van der Waals surface area contributed by atoms with Gasteiger partial charge in [0.05, 0.1) is 5.69 Å². The summed E-state index contributed by atoms with van der Waals surface area (Å²) >= 11 is 4.77. The molecule has 2 rings (SSSR count). The van der Waals surface area contributed by atoms with E-state index in [0.29, 0.717) is 11.7 Å². The van der Waals surface area contributed by atoms with Crippen molar-refractivity contribution in [1.82, 2.24) is 15.1 Å². The summed E-state index contributed by atoms with van der Waals surface area (Å²) in [4.78, 5) is 0. The van der Waals surface area contributed by atoms with Crippen LogP contribution in [0.3, 0.4) is 0 Å². The minimum absolute atomic E-state index is 0.326. The van der Waals surface area contributed by atoms with E-state index in [-0.39, 0.29) is 0 Å². The van der Waals surface area contributed by atoms with E-state index < -0.39 is 0 Å². The number of rotatable bonds is 5. The van der Waals surface area contributed by atoms with Crippen LogP contribution in [0.25, 0.3) is 5.69 Å². The Kier molecular flexibility index (Phi) is 4.48. The summed E-state index contributed by atoms with van der Waals surface area (Å²) in [5.74, 6) is 0.